The Kier molecular flexibility index (Phi) is 4.73. The quantitative estimate of drug-likeness (QED) is 0.834. The summed E-state index contributed by atoms with van der Waals surface area (Å²) in [5, 5.41) is 3.50. The van der Waals surface area contributed by atoms with Crippen LogP contribution in [0.5, 0.6) is 11.5 Å². The van der Waals surface area contributed by atoms with Gasteiger partial charge in [0.15, 0.2) is 11.5 Å². The van der Waals surface area contributed by atoms with Crippen LogP contribution in [-0.2, 0) is 0 Å². The molecule has 0 unspecified atom stereocenters. The monoisotopic (exact) mass is 249 g/mol. The van der Waals surface area contributed by atoms with Crippen LogP contribution in [-0.4, -0.2) is 20.3 Å². The molecule has 2 rings (SSSR count). The predicted molar refractivity (Wildman–Crippen MR) is 74.6 cm³/mol. The largest absolute Gasteiger partial charge is 0.493 e. The molecule has 1 N–H and O–H groups in total. The molecule has 0 bridgehead atoms. The first-order chi connectivity index (χ1) is 8.83. The Morgan fingerprint density at radius 2 is 2.00 bits per heavy atom. The molecule has 0 aromatic heterocycles. The molecule has 0 amide bonds. The summed E-state index contributed by atoms with van der Waals surface area (Å²) < 4.78 is 10.9. The van der Waals surface area contributed by atoms with E-state index in [9.17, 15) is 0 Å². The number of benzene rings is 1. The molecule has 1 saturated carbocycles. The molecule has 0 radical (unpaired) electrons. The van der Waals surface area contributed by atoms with Gasteiger partial charge in [0, 0.05) is 18.3 Å². The third kappa shape index (κ3) is 3.31. The number of anilines is 1. The molecule has 1 aromatic rings. The fourth-order valence-electron chi connectivity index (χ4n) is 2.53. The Morgan fingerprint density at radius 3 is 2.67 bits per heavy atom. The van der Waals surface area contributed by atoms with Crippen LogP contribution in [0.25, 0.3) is 0 Å². The number of nitrogens with one attached hydrogen (secondary N) is 1. The van der Waals surface area contributed by atoms with Crippen LogP contribution in [0.4, 0.5) is 5.69 Å². The fourth-order valence-corrected chi connectivity index (χ4v) is 2.53. The Labute approximate surface area is 109 Å². The Balaban J connectivity index is 1.95. The van der Waals surface area contributed by atoms with E-state index in [4.69, 9.17) is 9.47 Å². The van der Waals surface area contributed by atoms with E-state index < -0.39 is 0 Å². The van der Waals surface area contributed by atoms with Crippen LogP contribution in [0.3, 0.4) is 0 Å². The first kappa shape index (κ1) is 13.1. The number of rotatable bonds is 6. The van der Waals surface area contributed by atoms with E-state index in [1.807, 2.05) is 19.1 Å². The number of ether oxygens (including phenoxy) is 2. The predicted octanol–water partition coefficient (Wildman–Crippen LogP) is 3.70. The van der Waals surface area contributed by atoms with Crippen LogP contribution < -0.4 is 14.8 Å². The Hall–Kier alpha value is -1.38. The molecule has 1 aliphatic carbocycles. The van der Waals surface area contributed by atoms with Gasteiger partial charge < -0.3 is 14.8 Å². The first-order valence-electron chi connectivity index (χ1n) is 6.88. The van der Waals surface area contributed by atoms with Crippen molar-refractivity contribution in [3.05, 3.63) is 18.2 Å². The highest BCUT2D eigenvalue weighted by molar-refractivity contribution is 5.54. The summed E-state index contributed by atoms with van der Waals surface area (Å²) in [6, 6.07) is 6.04. The summed E-state index contributed by atoms with van der Waals surface area (Å²) in [4.78, 5) is 0. The van der Waals surface area contributed by atoms with Crippen molar-refractivity contribution in [3.63, 3.8) is 0 Å². The summed E-state index contributed by atoms with van der Waals surface area (Å²) in [6.07, 6.45) is 5.50. The molecule has 0 atom stereocenters. The van der Waals surface area contributed by atoms with Crippen LogP contribution in [0.1, 0.15) is 32.6 Å². The van der Waals surface area contributed by atoms with Gasteiger partial charge >= 0.3 is 0 Å². The third-order valence-electron chi connectivity index (χ3n) is 3.53. The lowest BCUT2D eigenvalue weighted by Gasteiger charge is -2.14. The Bertz CT molecular complexity index is 373. The zero-order valence-electron chi connectivity index (χ0n) is 11.4. The van der Waals surface area contributed by atoms with Crippen molar-refractivity contribution in [2.75, 3.05) is 25.6 Å². The van der Waals surface area contributed by atoms with Gasteiger partial charge in [-0.1, -0.05) is 12.8 Å². The van der Waals surface area contributed by atoms with Crippen molar-refractivity contribution in [3.8, 4) is 11.5 Å². The van der Waals surface area contributed by atoms with Gasteiger partial charge in [-0.25, -0.2) is 0 Å². The highest BCUT2D eigenvalue weighted by Crippen LogP contribution is 2.31. The SMILES string of the molecule is CCOc1ccc(NCC2CCCC2)cc1OC. The van der Waals surface area contributed by atoms with Crippen molar-refractivity contribution in [2.45, 2.75) is 32.6 Å². The van der Waals surface area contributed by atoms with Gasteiger partial charge in [0.25, 0.3) is 0 Å². The van der Waals surface area contributed by atoms with Crippen molar-refractivity contribution in [2.24, 2.45) is 5.92 Å². The smallest absolute Gasteiger partial charge is 0.162 e. The zero-order chi connectivity index (χ0) is 12.8. The molecule has 0 heterocycles. The van der Waals surface area contributed by atoms with Crippen molar-refractivity contribution in [1.82, 2.24) is 0 Å². The highest BCUT2D eigenvalue weighted by atomic mass is 16.5. The van der Waals surface area contributed by atoms with Gasteiger partial charge in [-0.15, -0.1) is 0 Å². The van der Waals surface area contributed by atoms with E-state index in [1.54, 1.807) is 7.11 Å². The summed E-state index contributed by atoms with van der Waals surface area (Å²) in [5.41, 5.74) is 1.11. The molecule has 1 aromatic carbocycles. The minimum atomic E-state index is 0.658. The molecule has 18 heavy (non-hydrogen) atoms. The van der Waals surface area contributed by atoms with Crippen LogP contribution in [0.15, 0.2) is 18.2 Å². The molecule has 100 valence electrons. The number of methoxy groups -OCH3 is 1. The van der Waals surface area contributed by atoms with Crippen molar-refractivity contribution < 1.29 is 9.47 Å². The lowest BCUT2D eigenvalue weighted by atomic mass is 10.1. The number of hydrogen-bond donors (Lipinski definition) is 1. The lowest BCUT2D eigenvalue weighted by molar-refractivity contribution is 0.311. The maximum Gasteiger partial charge on any atom is 0.162 e. The van der Waals surface area contributed by atoms with E-state index in [-0.39, 0.29) is 0 Å². The van der Waals surface area contributed by atoms with Gasteiger partial charge in [0.2, 0.25) is 0 Å². The van der Waals surface area contributed by atoms with Crippen LogP contribution in [0.2, 0.25) is 0 Å². The van der Waals surface area contributed by atoms with Crippen molar-refractivity contribution in [1.29, 1.82) is 0 Å². The highest BCUT2D eigenvalue weighted by Gasteiger charge is 2.14. The summed E-state index contributed by atoms with van der Waals surface area (Å²) in [5.74, 6) is 2.45. The van der Waals surface area contributed by atoms with Crippen LogP contribution in [0, 0.1) is 5.92 Å². The summed E-state index contributed by atoms with van der Waals surface area (Å²) >= 11 is 0. The third-order valence-corrected chi connectivity index (χ3v) is 3.53. The number of hydrogen-bond acceptors (Lipinski definition) is 3. The maximum absolute atomic E-state index is 5.51. The minimum Gasteiger partial charge on any atom is -0.493 e. The normalized spacial score (nSPS) is 15.7. The second-order valence-electron chi connectivity index (χ2n) is 4.83. The van der Waals surface area contributed by atoms with Gasteiger partial charge in [0.1, 0.15) is 0 Å². The second-order valence-corrected chi connectivity index (χ2v) is 4.83. The fraction of sp³-hybridized carbons (Fsp3) is 0.600. The molecule has 3 heteroatoms. The van der Waals surface area contributed by atoms with Gasteiger partial charge in [0.05, 0.1) is 13.7 Å². The zero-order valence-corrected chi connectivity index (χ0v) is 11.4. The molecule has 1 fully saturated rings. The minimum absolute atomic E-state index is 0.658. The average molecular weight is 249 g/mol. The molecular weight excluding hydrogens is 226 g/mol. The van der Waals surface area contributed by atoms with E-state index in [2.05, 4.69) is 11.4 Å². The standard InChI is InChI=1S/C15H23NO2/c1-3-18-14-9-8-13(10-15(14)17-2)16-11-12-6-4-5-7-12/h8-10,12,16H,3-7,11H2,1-2H3. The van der Waals surface area contributed by atoms with Gasteiger partial charge in [-0.3, -0.25) is 0 Å². The van der Waals surface area contributed by atoms with Crippen LogP contribution >= 0.6 is 0 Å². The summed E-state index contributed by atoms with van der Waals surface area (Å²) in [7, 11) is 1.68. The van der Waals surface area contributed by atoms with E-state index in [1.165, 1.54) is 25.7 Å². The molecular formula is C15H23NO2. The first-order valence-corrected chi connectivity index (χ1v) is 6.88. The molecule has 0 saturated heterocycles. The molecule has 3 nitrogen and oxygen atoms in total. The second kappa shape index (κ2) is 6.53. The van der Waals surface area contributed by atoms with E-state index >= 15 is 0 Å². The van der Waals surface area contributed by atoms with Gasteiger partial charge in [-0.05, 0) is 37.8 Å². The summed E-state index contributed by atoms with van der Waals surface area (Å²) in [6.45, 7) is 3.70. The average Bonchev–Trinajstić information content (AvgIpc) is 2.91. The van der Waals surface area contributed by atoms with Gasteiger partial charge in [-0.2, -0.15) is 0 Å². The Morgan fingerprint density at radius 1 is 1.22 bits per heavy atom. The molecule has 0 spiro atoms. The topological polar surface area (TPSA) is 30.5 Å². The molecule has 1 aliphatic rings. The lowest BCUT2D eigenvalue weighted by Crippen LogP contribution is -2.11. The van der Waals surface area contributed by atoms with E-state index in [0.29, 0.717) is 6.61 Å². The molecule has 0 aliphatic heterocycles. The maximum atomic E-state index is 5.51. The van der Waals surface area contributed by atoms with Crippen molar-refractivity contribution >= 4 is 5.69 Å². The van der Waals surface area contributed by atoms with E-state index in [0.717, 1.165) is 29.6 Å².